The highest BCUT2D eigenvalue weighted by Crippen LogP contribution is 2.22. The molecule has 1 fully saturated rings. The van der Waals surface area contributed by atoms with Gasteiger partial charge in [-0.2, -0.15) is 0 Å². The van der Waals surface area contributed by atoms with Crippen LogP contribution in [0.3, 0.4) is 0 Å². The first-order chi connectivity index (χ1) is 8.13. The standard InChI is InChI=1S/C14H25NO2/c1-4-11(5-2)14(17)15-9-7-12(8-10-15)13(16)6-3/h11-12H,4-10H2,1-3H3. The molecule has 1 aliphatic rings. The van der Waals surface area contributed by atoms with E-state index in [2.05, 4.69) is 13.8 Å². The van der Waals surface area contributed by atoms with Crippen molar-refractivity contribution in [2.45, 2.75) is 52.9 Å². The first kappa shape index (κ1) is 14.2. The first-order valence-electron chi connectivity index (χ1n) is 6.95. The van der Waals surface area contributed by atoms with E-state index in [-0.39, 0.29) is 17.7 Å². The van der Waals surface area contributed by atoms with Gasteiger partial charge in [0.2, 0.25) is 5.91 Å². The molecule has 0 aromatic carbocycles. The maximum Gasteiger partial charge on any atom is 0.225 e. The Hall–Kier alpha value is -0.860. The van der Waals surface area contributed by atoms with E-state index < -0.39 is 0 Å². The molecule has 0 spiro atoms. The third-order valence-corrected chi connectivity index (χ3v) is 3.95. The van der Waals surface area contributed by atoms with Gasteiger partial charge >= 0.3 is 0 Å². The van der Waals surface area contributed by atoms with Gasteiger partial charge in [0.15, 0.2) is 0 Å². The average Bonchev–Trinajstić information content (AvgIpc) is 2.39. The Balaban J connectivity index is 2.46. The number of hydrogen-bond acceptors (Lipinski definition) is 2. The zero-order chi connectivity index (χ0) is 12.8. The van der Waals surface area contributed by atoms with Gasteiger partial charge in [-0.15, -0.1) is 0 Å². The summed E-state index contributed by atoms with van der Waals surface area (Å²) in [5.74, 6) is 1.02. The summed E-state index contributed by atoms with van der Waals surface area (Å²) in [5.41, 5.74) is 0. The number of hydrogen-bond donors (Lipinski definition) is 0. The van der Waals surface area contributed by atoms with Crippen LogP contribution in [0.5, 0.6) is 0 Å². The van der Waals surface area contributed by atoms with E-state index in [4.69, 9.17) is 0 Å². The molecule has 1 aliphatic heterocycles. The van der Waals surface area contributed by atoms with Crippen molar-refractivity contribution >= 4 is 11.7 Å². The van der Waals surface area contributed by atoms with Crippen molar-refractivity contribution in [1.82, 2.24) is 4.90 Å². The Morgan fingerprint density at radius 2 is 1.65 bits per heavy atom. The zero-order valence-electron chi connectivity index (χ0n) is 11.4. The molecule has 3 heteroatoms. The third-order valence-electron chi connectivity index (χ3n) is 3.95. The quantitative estimate of drug-likeness (QED) is 0.739. The lowest BCUT2D eigenvalue weighted by Gasteiger charge is -2.33. The van der Waals surface area contributed by atoms with E-state index in [0.29, 0.717) is 12.2 Å². The molecule has 1 amide bonds. The summed E-state index contributed by atoms with van der Waals surface area (Å²) < 4.78 is 0. The fourth-order valence-corrected chi connectivity index (χ4v) is 2.61. The number of ketones is 1. The van der Waals surface area contributed by atoms with Crippen molar-refractivity contribution in [3.63, 3.8) is 0 Å². The van der Waals surface area contributed by atoms with Crippen LogP contribution in [-0.2, 0) is 9.59 Å². The molecule has 17 heavy (non-hydrogen) atoms. The number of nitrogens with zero attached hydrogens (tertiary/aromatic N) is 1. The van der Waals surface area contributed by atoms with Crippen molar-refractivity contribution in [2.75, 3.05) is 13.1 Å². The van der Waals surface area contributed by atoms with Crippen molar-refractivity contribution in [2.24, 2.45) is 11.8 Å². The maximum atomic E-state index is 12.1. The molecule has 0 saturated carbocycles. The lowest BCUT2D eigenvalue weighted by Crippen LogP contribution is -2.42. The van der Waals surface area contributed by atoms with E-state index in [1.54, 1.807) is 0 Å². The van der Waals surface area contributed by atoms with Crippen LogP contribution in [-0.4, -0.2) is 29.7 Å². The van der Waals surface area contributed by atoms with E-state index in [9.17, 15) is 9.59 Å². The van der Waals surface area contributed by atoms with Gasteiger partial charge in [0.05, 0.1) is 0 Å². The average molecular weight is 239 g/mol. The normalized spacial score (nSPS) is 17.5. The number of rotatable bonds is 5. The summed E-state index contributed by atoms with van der Waals surface area (Å²) in [6.07, 6.45) is 4.19. The summed E-state index contributed by atoms with van der Waals surface area (Å²) in [6, 6.07) is 0. The highest BCUT2D eigenvalue weighted by Gasteiger charge is 2.28. The van der Waals surface area contributed by atoms with Crippen molar-refractivity contribution in [1.29, 1.82) is 0 Å². The van der Waals surface area contributed by atoms with Gasteiger partial charge in [0, 0.05) is 31.3 Å². The van der Waals surface area contributed by atoms with Gasteiger partial charge in [-0.25, -0.2) is 0 Å². The van der Waals surface area contributed by atoms with Crippen molar-refractivity contribution < 1.29 is 9.59 Å². The molecule has 0 bridgehead atoms. The first-order valence-corrected chi connectivity index (χ1v) is 6.95. The van der Waals surface area contributed by atoms with Crippen LogP contribution in [0.2, 0.25) is 0 Å². The minimum Gasteiger partial charge on any atom is -0.342 e. The van der Waals surface area contributed by atoms with Crippen molar-refractivity contribution in [3.8, 4) is 0 Å². The van der Waals surface area contributed by atoms with E-state index in [1.807, 2.05) is 11.8 Å². The Labute approximate surface area is 105 Å². The highest BCUT2D eigenvalue weighted by molar-refractivity contribution is 5.82. The number of carbonyl (C=O) groups excluding carboxylic acids is 2. The smallest absolute Gasteiger partial charge is 0.225 e. The molecule has 0 aromatic heterocycles. The second kappa shape index (κ2) is 6.77. The number of piperidine rings is 1. The van der Waals surface area contributed by atoms with Crippen LogP contribution in [0.4, 0.5) is 0 Å². The molecule has 0 radical (unpaired) electrons. The van der Waals surface area contributed by atoms with Gasteiger partial charge in [0.1, 0.15) is 5.78 Å². The van der Waals surface area contributed by atoms with Crippen LogP contribution in [0.25, 0.3) is 0 Å². The summed E-state index contributed by atoms with van der Waals surface area (Å²) in [6.45, 7) is 7.60. The fourth-order valence-electron chi connectivity index (χ4n) is 2.61. The third kappa shape index (κ3) is 3.55. The second-order valence-electron chi connectivity index (χ2n) is 4.93. The van der Waals surface area contributed by atoms with Gasteiger partial charge in [-0.3, -0.25) is 9.59 Å². The topological polar surface area (TPSA) is 37.4 Å². The molecule has 0 unspecified atom stereocenters. The molecule has 98 valence electrons. The van der Waals surface area contributed by atoms with Crippen LogP contribution in [0.1, 0.15) is 52.9 Å². The number of carbonyl (C=O) groups is 2. The monoisotopic (exact) mass is 239 g/mol. The van der Waals surface area contributed by atoms with Crippen LogP contribution in [0.15, 0.2) is 0 Å². The molecule has 0 N–H and O–H groups in total. The van der Waals surface area contributed by atoms with E-state index in [0.717, 1.165) is 38.8 Å². The molecule has 1 heterocycles. The fraction of sp³-hybridized carbons (Fsp3) is 0.857. The molecule has 0 atom stereocenters. The number of amides is 1. The molecule has 1 saturated heterocycles. The lowest BCUT2D eigenvalue weighted by molar-refractivity contribution is -0.138. The minimum absolute atomic E-state index is 0.174. The maximum absolute atomic E-state index is 12.1. The Kier molecular flexibility index (Phi) is 5.66. The second-order valence-corrected chi connectivity index (χ2v) is 4.93. The van der Waals surface area contributed by atoms with Gasteiger partial charge in [-0.05, 0) is 25.7 Å². The molecule has 3 nitrogen and oxygen atoms in total. The highest BCUT2D eigenvalue weighted by atomic mass is 16.2. The Bertz CT molecular complexity index is 263. The summed E-state index contributed by atoms with van der Waals surface area (Å²) in [5, 5.41) is 0. The predicted octanol–water partition coefficient (Wildman–Crippen LogP) is 2.64. The molecule has 0 aliphatic carbocycles. The lowest BCUT2D eigenvalue weighted by atomic mass is 9.90. The van der Waals surface area contributed by atoms with Gasteiger partial charge in [0.25, 0.3) is 0 Å². The van der Waals surface area contributed by atoms with Gasteiger partial charge in [-0.1, -0.05) is 20.8 Å². The molecule has 0 aromatic rings. The summed E-state index contributed by atoms with van der Waals surface area (Å²) >= 11 is 0. The molecule has 1 rings (SSSR count). The number of Topliss-reactive ketones (excluding diaryl/α,β-unsaturated/α-hetero) is 1. The van der Waals surface area contributed by atoms with E-state index >= 15 is 0 Å². The van der Waals surface area contributed by atoms with Crippen LogP contribution in [0, 0.1) is 11.8 Å². The van der Waals surface area contributed by atoms with E-state index in [1.165, 1.54) is 0 Å². The molecular formula is C14H25NO2. The zero-order valence-corrected chi connectivity index (χ0v) is 11.4. The van der Waals surface area contributed by atoms with Gasteiger partial charge < -0.3 is 4.90 Å². The molecular weight excluding hydrogens is 214 g/mol. The summed E-state index contributed by atoms with van der Waals surface area (Å²) in [7, 11) is 0. The predicted molar refractivity (Wildman–Crippen MR) is 68.7 cm³/mol. The van der Waals surface area contributed by atoms with Crippen LogP contribution < -0.4 is 0 Å². The largest absolute Gasteiger partial charge is 0.342 e. The Morgan fingerprint density at radius 1 is 1.12 bits per heavy atom. The van der Waals surface area contributed by atoms with Crippen LogP contribution >= 0.6 is 0 Å². The minimum atomic E-state index is 0.174. The Morgan fingerprint density at radius 3 is 2.06 bits per heavy atom. The summed E-state index contributed by atoms with van der Waals surface area (Å²) in [4.78, 5) is 25.7. The SMILES string of the molecule is CCC(=O)C1CCN(C(=O)C(CC)CC)CC1. The number of likely N-dealkylation sites (tertiary alicyclic amines) is 1. The van der Waals surface area contributed by atoms with Crippen molar-refractivity contribution in [3.05, 3.63) is 0 Å².